The molecule has 8 heteroatoms. The molecule has 0 aromatic heterocycles. The van der Waals surface area contributed by atoms with E-state index in [-0.39, 0.29) is 6.61 Å². The zero-order valence-corrected chi connectivity index (χ0v) is 8.08. The lowest BCUT2D eigenvalue weighted by Gasteiger charge is -2.15. The minimum atomic E-state index is -4.69. The third-order valence-corrected chi connectivity index (χ3v) is 1.36. The van der Waals surface area contributed by atoms with E-state index in [1.54, 1.807) is 5.32 Å². The average molecular weight is 241 g/mol. The van der Waals surface area contributed by atoms with Gasteiger partial charge in [-0.05, 0) is 0 Å². The standard InChI is InChI=1S/C8H10F3NO4/c1-2-3-16-7(15)12-5(6(13)14)4-8(9,10)11/h2,5H,1,3-4H2,(H,12,15)(H,13,14)/t5-/m1/s1. The van der Waals surface area contributed by atoms with Crippen LogP contribution in [0.3, 0.4) is 0 Å². The number of ether oxygens (including phenoxy) is 1. The van der Waals surface area contributed by atoms with E-state index in [1.807, 2.05) is 0 Å². The van der Waals surface area contributed by atoms with Gasteiger partial charge in [0, 0.05) is 0 Å². The molecule has 0 aromatic carbocycles. The predicted molar refractivity (Wildman–Crippen MR) is 46.8 cm³/mol. The molecular formula is C8H10F3NO4. The van der Waals surface area contributed by atoms with Crippen molar-refractivity contribution >= 4 is 12.1 Å². The fourth-order valence-electron chi connectivity index (χ4n) is 0.750. The number of aliphatic carboxylic acids is 1. The van der Waals surface area contributed by atoms with Crippen LogP contribution in [0.4, 0.5) is 18.0 Å². The molecule has 1 amide bonds. The van der Waals surface area contributed by atoms with Gasteiger partial charge in [0.15, 0.2) is 0 Å². The molecule has 0 aliphatic carbocycles. The van der Waals surface area contributed by atoms with Crippen LogP contribution in [0.5, 0.6) is 0 Å². The monoisotopic (exact) mass is 241 g/mol. The summed E-state index contributed by atoms with van der Waals surface area (Å²) in [7, 11) is 0. The van der Waals surface area contributed by atoms with Crippen LogP contribution >= 0.6 is 0 Å². The predicted octanol–water partition coefficient (Wildman–Crippen LogP) is 1.30. The number of halogens is 3. The molecular weight excluding hydrogens is 231 g/mol. The van der Waals surface area contributed by atoms with Crippen molar-refractivity contribution < 1.29 is 32.6 Å². The Morgan fingerprint density at radius 1 is 1.50 bits per heavy atom. The van der Waals surface area contributed by atoms with E-state index in [0.717, 1.165) is 0 Å². The minimum absolute atomic E-state index is 0.218. The maximum Gasteiger partial charge on any atom is 0.408 e. The van der Waals surface area contributed by atoms with Crippen LogP contribution in [0.1, 0.15) is 6.42 Å². The summed E-state index contributed by atoms with van der Waals surface area (Å²) in [6.07, 6.45) is -6.39. The molecule has 1 atom stereocenters. The first kappa shape index (κ1) is 14.3. The van der Waals surface area contributed by atoms with Gasteiger partial charge in [0.1, 0.15) is 12.6 Å². The first-order chi connectivity index (χ1) is 7.26. The Labute approximate surface area is 88.9 Å². The summed E-state index contributed by atoms with van der Waals surface area (Å²) in [4.78, 5) is 21.2. The molecule has 0 bridgehead atoms. The fraction of sp³-hybridized carbons (Fsp3) is 0.500. The summed E-state index contributed by atoms with van der Waals surface area (Å²) >= 11 is 0. The normalized spacial score (nSPS) is 12.7. The lowest BCUT2D eigenvalue weighted by Crippen LogP contribution is -2.43. The van der Waals surface area contributed by atoms with E-state index in [2.05, 4.69) is 11.3 Å². The molecule has 16 heavy (non-hydrogen) atoms. The van der Waals surface area contributed by atoms with Crippen LogP contribution in [-0.4, -0.2) is 36.0 Å². The Kier molecular flexibility index (Phi) is 5.34. The summed E-state index contributed by atoms with van der Waals surface area (Å²) in [5.74, 6) is -1.78. The first-order valence-corrected chi connectivity index (χ1v) is 4.10. The second-order valence-electron chi connectivity index (χ2n) is 2.74. The molecule has 0 radical (unpaired) electrons. The number of hydrogen-bond donors (Lipinski definition) is 2. The largest absolute Gasteiger partial charge is 0.480 e. The highest BCUT2D eigenvalue weighted by Crippen LogP contribution is 2.21. The van der Waals surface area contributed by atoms with Crippen molar-refractivity contribution in [2.45, 2.75) is 18.6 Å². The molecule has 2 N–H and O–H groups in total. The van der Waals surface area contributed by atoms with Crippen LogP contribution in [-0.2, 0) is 9.53 Å². The van der Waals surface area contributed by atoms with Crippen LogP contribution in [0, 0.1) is 0 Å². The molecule has 0 heterocycles. The molecule has 0 fully saturated rings. The van der Waals surface area contributed by atoms with E-state index in [1.165, 1.54) is 6.08 Å². The van der Waals surface area contributed by atoms with Gasteiger partial charge in [0.05, 0.1) is 6.42 Å². The SMILES string of the molecule is C=CCOC(=O)N[C@H](CC(F)(F)F)C(=O)O. The fourth-order valence-corrected chi connectivity index (χ4v) is 0.750. The van der Waals surface area contributed by atoms with Crippen molar-refractivity contribution in [2.24, 2.45) is 0 Å². The van der Waals surface area contributed by atoms with E-state index < -0.39 is 30.7 Å². The number of hydrogen-bond acceptors (Lipinski definition) is 3. The summed E-state index contributed by atoms with van der Waals surface area (Å²) in [5.41, 5.74) is 0. The van der Waals surface area contributed by atoms with Gasteiger partial charge in [-0.2, -0.15) is 13.2 Å². The van der Waals surface area contributed by atoms with Crippen molar-refractivity contribution in [3.63, 3.8) is 0 Å². The number of alkyl halides is 3. The van der Waals surface area contributed by atoms with E-state index >= 15 is 0 Å². The molecule has 0 saturated carbocycles. The van der Waals surface area contributed by atoms with Gasteiger partial charge in [-0.15, -0.1) is 0 Å². The Morgan fingerprint density at radius 3 is 2.44 bits per heavy atom. The van der Waals surface area contributed by atoms with Gasteiger partial charge in [0.2, 0.25) is 0 Å². The minimum Gasteiger partial charge on any atom is -0.480 e. The van der Waals surface area contributed by atoms with Crippen molar-refractivity contribution in [3.05, 3.63) is 12.7 Å². The Balaban J connectivity index is 4.29. The van der Waals surface area contributed by atoms with Gasteiger partial charge in [-0.1, -0.05) is 12.7 Å². The molecule has 0 spiro atoms. The van der Waals surface area contributed by atoms with Crippen molar-refractivity contribution in [3.8, 4) is 0 Å². The van der Waals surface area contributed by atoms with E-state index in [9.17, 15) is 22.8 Å². The quantitative estimate of drug-likeness (QED) is 0.711. The van der Waals surface area contributed by atoms with Gasteiger partial charge in [-0.3, -0.25) is 0 Å². The van der Waals surface area contributed by atoms with E-state index in [0.29, 0.717) is 0 Å². The molecule has 92 valence electrons. The van der Waals surface area contributed by atoms with Gasteiger partial charge >= 0.3 is 18.2 Å². The Bertz CT molecular complexity index is 277. The highest BCUT2D eigenvalue weighted by Gasteiger charge is 2.36. The van der Waals surface area contributed by atoms with Crippen LogP contribution in [0.15, 0.2) is 12.7 Å². The maximum atomic E-state index is 11.9. The molecule has 0 saturated heterocycles. The van der Waals surface area contributed by atoms with Crippen molar-refractivity contribution in [1.82, 2.24) is 5.32 Å². The molecule has 0 aromatic rings. The number of alkyl carbamates (subject to hydrolysis) is 1. The number of carboxylic acids is 1. The first-order valence-electron chi connectivity index (χ1n) is 4.10. The van der Waals surface area contributed by atoms with Gasteiger partial charge in [0.25, 0.3) is 0 Å². The number of amides is 1. The third kappa shape index (κ3) is 6.68. The Hall–Kier alpha value is -1.73. The number of carbonyl (C=O) groups excluding carboxylic acids is 1. The molecule has 5 nitrogen and oxygen atoms in total. The second-order valence-corrected chi connectivity index (χ2v) is 2.74. The second kappa shape index (κ2) is 5.99. The third-order valence-electron chi connectivity index (χ3n) is 1.36. The van der Waals surface area contributed by atoms with E-state index in [4.69, 9.17) is 5.11 Å². The summed E-state index contributed by atoms with van der Waals surface area (Å²) < 4.78 is 40.0. The number of carboxylic acid groups (broad SMARTS) is 1. The van der Waals surface area contributed by atoms with Gasteiger partial charge in [-0.25, -0.2) is 9.59 Å². The zero-order valence-electron chi connectivity index (χ0n) is 8.08. The molecule has 0 aliphatic rings. The van der Waals surface area contributed by atoms with Crippen LogP contribution < -0.4 is 5.32 Å². The lowest BCUT2D eigenvalue weighted by molar-refractivity contribution is -0.157. The smallest absolute Gasteiger partial charge is 0.408 e. The summed E-state index contributed by atoms with van der Waals surface area (Å²) in [6, 6.07) is -2.06. The highest BCUT2D eigenvalue weighted by atomic mass is 19.4. The van der Waals surface area contributed by atoms with Crippen molar-refractivity contribution in [2.75, 3.05) is 6.61 Å². The number of rotatable bonds is 5. The van der Waals surface area contributed by atoms with Crippen LogP contribution in [0.25, 0.3) is 0 Å². The van der Waals surface area contributed by atoms with Gasteiger partial charge < -0.3 is 15.2 Å². The lowest BCUT2D eigenvalue weighted by atomic mass is 10.2. The van der Waals surface area contributed by atoms with Crippen LogP contribution in [0.2, 0.25) is 0 Å². The van der Waals surface area contributed by atoms with Crippen molar-refractivity contribution in [1.29, 1.82) is 0 Å². The average Bonchev–Trinajstić information content (AvgIpc) is 2.11. The maximum absolute atomic E-state index is 11.9. The number of carbonyl (C=O) groups is 2. The zero-order chi connectivity index (χ0) is 12.8. The highest BCUT2D eigenvalue weighted by molar-refractivity contribution is 5.79. The molecule has 0 unspecified atom stereocenters. The number of nitrogens with one attached hydrogen (secondary N) is 1. The Morgan fingerprint density at radius 2 is 2.06 bits per heavy atom. The molecule has 0 aliphatic heterocycles. The summed E-state index contributed by atoms with van der Waals surface area (Å²) in [6.45, 7) is 2.99. The topological polar surface area (TPSA) is 75.6 Å². The summed E-state index contributed by atoms with van der Waals surface area (Å²) in [5, 5.41) is 10.00. The molecule has 0 rings (SSSR count).